The lowest BCUT2D eigenvalue weighted by atomic mass is 9.75. The van der Waals surface area contributed by atoms with Gasteiger partial charge in [0, 0.05) is 11.3 Å². The molecule has 2 aliphatic carbocycles. The van der Waals surface area contributed by atoms with Crippen LogP contribution in [-0.2, 0) is 4.57 Å². The molecule has 0 aromatic heterocycles. The van der Waals surface area contributed by atoms with E-state index in [1.807, 2.05) is 0 Å². The largest absolute Gasteiger partial charge is 0.326 e. The fourth-order valence-electron chi connectivity index (χ4n) is 5.90. The van der Waals surface area contributed by atoms with E-state index in [-0.39, 0.29) is 0 Å². The van der Waals surface area contributed by atoms with Gasteiger partial charge in [-0.25, -0.2) is 0 Å². The zero-order valence-electron chi connectivity index (χ0n) is 13.9. The van der Waals surface area contributed by atoms with Gasteiger partial charge < -0.3 is 15.2 Å². The summed E-state index contributed by atoms with van der Waals surface area (Å²) in [5.74, 6) is 3.54. The van der Waals surface area contributed by atoms with Gasteiger partial charge >= 0.3 is 0 Å². The molecule has 2 aliphatic heterocycles. The molecule has 2 saturated heterocycles. The van der Waals surface area contributed by atoms with E-state index in [0.717, 1.165) is 23.7 Å². The highest BCUT2D eigenvalue weighted by Crippen LogP contribution is 2.52. The summed E-state index contributed by atoms with van der Waals surface area (Å²) in [7, 11) is -1.38. The van der Waals surface area contributed by atoms with Crippen LogP contribution in [0.5, 0.6) is 0 Å². The predicted octanol–water partition coefficient (Wildman–Crippen LogP) is 3.10. The molecule has 6 unspecified atom stereocenters. The third-order valence-corrected chi connectivity index (χ3v) is 9.94. The van der Waals surface area contributed by atoms with Gasteiger partial charge in [-0.2, -0.15) is 0 Å². The first kappa shape index (κ1) is 15.7. The average molecular weight is 324 g/mol. The molecule has 0 aromatic carbocycles. The van der Waals surface area contributed by atoms with Crippen molar-refractivity contribution in [1.29, 1.82) is 0 Å². The molecule has 0 radical (unpaired) electrons. The van der Waals surface area contributed by atoms with Crippen molar-refractivity contribution in [1.82, 2.24) is 10.6 Å². The number of rotatable bonds is 2. The maximum atomic E-state index is 13.3. The van der Waals surface area contributed by atoms with Crippen molar-refractivity contribution in [2.24, 2.45) is 23.7 Å². The summed E-state index contributed by atoms with van der Waals surface area (Å²) < 4.78 is 13.3. The van der Waals surface area contributed by atoms with E-state index in [1.54, 1.807) is 0 Å². The molecular formula is C18H33N2OP. The number of hydrogen-bond donors (Lipinski definition) is 2. The smallest absolute Gasteiger partial charge is 0.0820 e. The molecule has 126 valence electrons. The summed E-state index contributed by atoms with van der Waals surface area (Å²) in [5.41, 5.74) is 1.18. The zero-order chi connectivity index (χ0) is 14.9. The highest BCUT2D eigenvalue weighted by atomic mass is 31.1. The Morgan fingerprint density at radius 1 is 0.636 bits per heavy atom. The minimum Gasteiger partial charge on any atom is -0.326 e. The Bertz CT molecular complexity index is 380. The topological polar surface area (TPSA) is 41.1 Å². The Labute approximate surface area is 136 Å². The van der Waals surface area contributed by atoms with Gasteiger partial charge in [0.05, 0.1) is 7.80 Å². The van der Waals surface area contributed by atoms with Crippen LogP contribution in [0.2, 0.25) is 0 Å². The Balaban J connectivity index is 1.35. The van der Waals surface area contributed by atoms with Gasteiger partial charge in [0.2, 0.25) is 0 Å². The second-order valence-corrected chi connectivity index (χ2v) is 10.9. The quantitative estimate of drug-likeness (QED) is 0.767. The van der Waals surface area contributed by atoms with Crippen LogP contribution in [0, 0.1) is 23.7 Å². The molecule has 2 heterocycles. The van der Waals surface area contributed by atoms with Crippen LogP contribution < -0.4 is 10.6 Å². The summed E-state index contributed by atoms with van der Waals surface area (Å²) in [5, 5.41) is 7.09. The first-order chi connectivity index (χ1) is 10.8. The van der Waals surface area contributed by atoms with Crippen molar-refractivity contribution in [2.45, 2.75) is 62.7 Å². The number of hydrogen-bond acceptors (Lipinski definition) is 3. The summed E-state index contributed by atoms with van der Waals surface area (Å²) in [4.78, 5) is 0. The average Bonchev–Trinajstić information content (AvgIpc) is 2.60. The standard InChI is InChI=1S/C18H33N2OP/c21-22(17-3-1-15-11-19-7-5-13(15)9-17)18-4-2-16-12-20-8-6-14(16)10-18/h13-20,22H,1-12H2. The molecule has 0 bridgehead atoms. The molecular weight excluding hydrogens is 291 g/mol. The third-order valence-electron chi connectivity index (χ3n) is 7.28. The molecule has 6 atom stereocenters. The van der Waals surface area contributed by atoms with E-state index in [9.17, 15) is 4.57 Å². The van der Waals surface area contributed by atoms with E-state index in [4.69, 9.17) is 0 Å². The van der Waals surface area contributed by atoms with Crippen LogP contribution in [0.25, 0.3) is 0 Å². The van der Waals surface area contributed by atoms with Gasteiger partial charge in [-0.05, 0) is 101 Å². The Morgan fingerprint density at radius 3 is 1.64 bits per heavy atom. The van der Waals surface area contributed by atoms with Gasteiger partial charge in [-0.3, -0.25) is 0 Å². The molecule has 22 heavy (non-hydrogen) atoms. The van der Waals surface area contributed by atoms with Crippen LogP contribution in [0.15, 0.2) is 0 Å². The van der Waals surface area contributed by atoms with Gasteiger partial charge in [-0.1, -0.05) is 0 Å². The minimum atomic E-state index is -1.38. The number of piperidine rings is 2. The van der Waals surface area contributed by atoms with E-state index in [2.05, 4.69) is 10.6 Å². The normalized spacial score (nSPS) is 47.3. The van der Waals surface area contributed by atoms with Gasteiger partial charge in [0.1, 0.15) is 0 Å². The first-order valence-corrected chi connectivity index (χ1v) is 11.3. The van der Waals surface area contributed by atoms with Crippen molar-refractivity contribution < 1.29 is 4.57 Å². The van der Waals surface area contributed by atoms with Gasteiger partial charge in [0.25, 0.3) is 0 Å². The third kappa shape index (κ3) is 3.19. The fourth-order valence-corrected chi connectivity index (χ4v) is 8.54. The van der Waals surface area contributed by atoms with E-state index in [0.29, 0.717) is 11.3 Å². The van der Waals surface area contributed by atoms with E-state index in [1.165, 1.54) is 77.5 Å². The fraction of sp³-hybridized carbons (Fsp3) is 1.00. The van der Waals surface area contributed by atoms with Crippen LogP contribution in [-0.4, -0.2) is 37.5 Å². The molecule has 0 aromatic rings. The molecule has 2 N–H and O–H groups in total. The monoisotopic (exact) mass is 324 g/mol. The molecule has 0 spiro atoms. The summed E-state index contributed by atoms with van der Waals surface area (Å²) in [6.45, 7) is 4.82. The maximum absolute atomic E-state index is 13.3. The Kier molecular flexibility index (Phi) is 4.95. The minimum absolute atomic E-state index is 0.590. The summed E-state index contributed by atoms with van der Waals surface area (Å²) in [6.07, 6.45) is 10.4. The highest BCUT2D eigenvalue weighted by molar-refractivity contribution is 7.46. The molecule has 0 amide bonds. The second kappa shape index (κ2) is 6.95. The molecule has 4 rings (SSSR count). The Hall–Kier alpha value is 0.150. The Morgan fingerprint density at radius 2 is 1.14 bits per heavy atom. The van der Waals surface area contributed by atoms with E-state index < -0.39 is 7.80 Å². The van der Waals surface area contributed by atoms with Crippen molar-refractivity contribution in [3.05, 3.63) is 0 Å². The van der Waals surface area contributed by atoms with Crippen LogP contribution in [0.4, 0.5) is 0 Å². The first-order valence-electron chi connectivity index (χ1n) is 9.76. The SMILES string of the molecule is O=[PH](C1CCC2CNCCC2C1)C1CCC2CNCCC2C1. The molecule has 4 aliphatic rings. The zero-order valence-corrected chi connectivity index (χ0v) is 14.9. The molecule has 4 fully saturated rings. The summed E-state index contributed by atoms with van der Waals surface area (Å²) >= 11 is 0. The van der Waals surface area contributed by atoms with Crippen LogP contribution in [0.3, 0.4) is 0 Å². The van der Waals surface area contributed by atoms with Crippen molar-refractivity contribution >= 4 is 7.80 Å². The number of nitrogens with one attached hydrogen (secondary N) is 2. The lowest BCUT2D eigenvalue weighted by Gasteiger charge is -2.43. The van der Waals surface area contributed by atoms with Crippen molar-refractivity contribution in [2.75, 3.05) is 26.2 Å². The van der Waals surface area contributed by atoms with E-state index >= 15 is 0 Å². The molecule has 4 heteroatoms. The van der Waals surface area contributed by atoms with Crippen LogP contribution in [0.1, 0.15) is 51.4 Å². The lowest BCUT2D eigenvalue weighted by molar-refractivity contribution is 0.179. The second-order valence-electron chi connectivity index (χ2n) is 8.45. The van der Waals surface area contributed by atoms with Crippen molar-refractivity contribution in [3.63, 3.8) is 0 Å². The molecule has 2 saturated carbocycles. The van der Waals surface area contributed by atoms with Crippen molar-refractivity contribution in [3.8, 4) is 0 Å². The van der Waals surface area contributed by atoms with Crippen LogP contribution >= 0.6 is 7.80 Å². The number of fused-ring (bicyclic) bond motifs is 2. The maximum Gasteiger partial charge on any atom is 0.0820 e. The lowest BCUT2D eigenvalue weighted by Crippen LogP contribution is -2.42. The van der Waals surface area contributed by atoms with Gasteiger partial charge in [0.15, 0.2) is 0 Å². The van der Waals surface area contributed by atoms with Gasteiger partial charge in [-0.15, -0.1) is 0 Å². The summed E-state index contributed by atoms with van der Waals surface area (Å²) in [6, 6.07) is 0. The predicted molar refractivity (Wildman–Crippen MR) is 93.2 cm³/mol. The molecule has 3 nitrogen and oxygen atoms in total. The highest BCUT2D eigenvalue weighted by Gasteiger charge is 2.39.